The van der Waals surface area contributed by atoms with Crippen LogP contribution in [0.2, 0.25) is 0 Å². The zero-order valence-corrected chi connectivity index (χ0v) is 11.2. The van der Waals surface area contributed by atoms with Gasteiger partial charge in [0, 0.05) is 12.2 Å². The van der Waals surface area contributed by atoms with Gasteiger partial charge in [0.1, 0.15) is 0 Å². The molecule has 0 saturated carbocycles. The second-order valence-electron chi connectivity index (χ2n) is 4.70. The summed E-state index contributed by atoms with van der Waals surface area (Å²) in [6, 6.07) is 13.4. The molecule has 2 aromatic carbocycles. The number of anilines is 1. The molecule has 1 amide bonds. The molecule has 0 bridgehead atoms. The van der Waals surface area contributed by atoms with Crippen LogP contribution in [0.25, 0.3) is 0 Å². The number of hydrogen-bond donors (Lipinski definition) is 2. The van der Waals surface area contributed by atoms with Crippen LogP contribution >= 0.6 is 0 Å². The van der Waals surface area contributed by atoms with Crippen molar-refractivity contribution in [2.45, 2.75) is 20.4 Å². The Morgan fingerprint density at radius 1 is 1.16 bits per heavy atom. The summed E-state index contributed by atoms with van der Waals surface area (Å²) in [5.74, 6) is -0.138. The molecule has 0 heterocycles. The summed E-state index contributed by atoms with van der Waals surface area (Å²) in [5.41, 5.74) is 10.2. The third kappa shape index (κ3) is 3.13. The van der Waals surface area contributed by atoms with Crippen molar-refractivity contribution in [1.82, 2.24) is 5.32 Å². The van der Waals surface area contributed by atoms with E-state index in [1.165, 1.54) is 5.56 Å². The van der Waals surface area contributed by atoms with Gasteiger partial charge in [0.2, 0.25) is 0 Å². The summed E-state index contributed by atoms with van der Waals surface area (Å²) in [5, 5.41) is 2.90. The van der Waals surface area contributed by atoms with Gasteiger partial charge < -0.3 is 11.1 Å². The molecule has 0 saturated heterocycles. The minimum atomic E-state index is -0.138. The Bertz CT molecular complexity index is 605. The smallest absolute Gasteiger partial charge is 0.253 e. The topological polar surface area (TPSA) is 55.1 Å². The van der Waals surface area contributed by atoms with Gasteiger partial charge in [-0.15, -0.1) is 0 Å². The van der Waals surface area contributed by atoms with Gasteiger partial charge in [-0.05, 0) is 42.7 Å². The van der Waals surface area contributed by atoms with Crippen molar-refractivity contribution in [1.29, 1.82) is 0 Å². The predicted molar refractivity (Wildman–Crippen MR) is 77.9 cm³/mol. The minimum Gasteiger partial charge on any atom is -0.398 e. The molecule has 0 aliphatic heterocycles. The highest BCUT2D eigenvalue weighted by Gasteiger charge is 2.09. The molecule has 0 spiro atoms. The molecule has 0 aliphatic carbocycles. The van der Waals surface area contributed by atoms with Crippen molar-refractivity contribution in [2.75, 3.05) is 5.73 Å². The molecular formula is C16H18N2O. The van der Waals surface area contributed by atoms with E-state index in [4.69, 9.17) is 5.73 Å². The normalized spacial score (nSPS) is 10.2. The van der Waals surface area contributed by atoms with Crippen molar-refractivity contribution in [2.24, 2.45) is 0 Å². The first-order valence-corrected chi connectivity index (χ1v) is 6.27. The molecule has 0 radical (unpaired) electrons. The summed E-state index contributed by atoms with van der Waals surface area (Å²) >= 11 is 0. The van der Waals surface area contributed by atoms with E-state index in [9.17, 15) is 4.79 Å². The molecule has 0 atom stereocenters. The summed E-state index contributed by atoms with van der Waals surface area (Å²) < 4.78 is 0. The van der Waals surface area contributed by atoms with Crippen LogP contribution in [0.3, 0.4) is 0 Å². The van der Waals surface area contributed by atoms with E-state index < -0.39 is 0 Å². The molecule has 3 heteroatoms. The van der Waals surface area contributed by atoms with E-state index in [0.717, 1.165) is 11.1 Å². The highest BCUT2D eigenvalue weighted by molar-refractivity contribution is 5.99. The van der Waals surface area contributed by atoms with Crippen molar-refractivity contribution < 1.29 is 4.79 Å². The fraction of sp³-hybridized carbons (Fsp3) is 0.188. The van der Waals surface area contributed by atoms with E-state index in [-0.39, 0.29) is 5.91 Å². The number of nitrogen functional groups attached to an aromatic ring is 1. The zero-order chi connectivity index (χ0) is 13.8. The largest absolute Gasteiger partial charge is 0.398 e. The van der Waals surface area contributed by atoms with Crippen LogP contribution < -0.4 is 11.1 Å². The van der Waals surface area contributed by atoms with E-state index in [1.807, 2.05) is 50.2 Å². The molecule has 2 aromatic rings. The Morgan fingerprint density at radius 3 is 2.58 bits per heavy atom. The van der Waals surface area contributed by atoms with Crippen LogP contribution in [-0.2, 0) is 6.54 Å². The molecule has 2 rings (SSSR count). The van der Waals surface area contributed by atoms with Gasteiger partial charge in [0.15, 0.2) is 0 Å². The lowest BCUT2D eigenvalue weighted by atomic mass is 10.1. The fourth-order valence-corrected chi connectivity index (χ4v) is 1.97. The predicted octanol–water partition coefficient (Wildman–Crippen LogP) is 2.82. The van der Waals surface area contributed by atoms with Crippen LogP contribution in [0.4, 0.5) is 5.69 Å². The van der Waals surface area contributed by atoms with Crippen molar-refractivity contribution in [3.8, 4) is 0 Å². The molecule has 3 nitrogen and oxygen atoms in total. The number of aryl methyl sites for hydroxylation is 2. The molecule has 19 heavy (non-hydrogen) atoms. The molecule has 0 fully saturated rings. The van der Waals surface area contributed by atoms with Crippen molar-refractivity contribution >= 4 is 11.6 Å². The lowest BCUT2D eigenvalue weighted by Crippen LogP contribution is -2.24. The average molecular weight is 254 g/mol. The number of nitrogens with one attached hydrogen (secondary N) is 1. The number of amides is 1. The van der Waals surface area contributed by atoms with Crippen LogP contribution in [0, 0.1) is 13.8 Å². The molecule has 0 unspecified atom stereocenters. The van der Waals surface area contributed by atoms with Crippen molar-refractivity contribution in [3.63, 3.8) is 0 Å². The second kappa shape index (κ2) is 5.57. The number of rotatable bonds is 3. The van der Waals surface area contributed by atoms with Crippen LogP contribution in [0.5, 0.6) is 0 Å². The molecule has 98 valence electrons. The molecule has 3 N–H and O–H groups in total. The summed E-state index contributed by atoms with van der Waals surface area (Å²) in [4.78, 5) is 12.1. The van der Waals surface area contributed by atoms with Gasteiger partial charge in [-0.2, -0.15) is 0 Å². The summed E-state index contributed by atoms with van der Waals surface area (Å²) in [7, 11) is 0. The maximum absolute atomic E-state index is 12.1. The van der Waals surface area contributed by atoms with Crippen LogP contribution in [0.15, 0.2) is 42.5 Å². The third-order valence-corrected chi connectivity index (χ3v) is 3.15. The first kappa shape index (κ1) is 13.1. The van der Waals surface area contributed by atoms with Crippen LogP contribution in [0.1, 0.15) is 27.0 Å². The van der Waals surface area contributed by atoms with Crippen molar-refractivity contribution in [3.05, 3.63) is 64.7 Å². The quantitative estimate of drug-likeness (QED) is 0.827. The van der Waals surface area contributed by atoms with Gasteiger partial charge >= 0.3 is 0 Å². The maximum Gasteiger partial charge on any atom is 0.253 e. The Morgan fingerprint density at radius 2 is 1.89 bits per heavy atom. The lowest BCUT2D eigenvalue weighted by molar-refractivity contribution is 0.0952. The fourth-order valence-electron chi connectivity index (χ4n) is 1.97. The van der Waals surface area contributed by atoms with E-state index in [2.05, 4.69) is 5.32 Å². The molecule has 0 aliphatic rings. The average Bonchev–Trinajstić information content (AvgIpc) is 2.37. The number of carbonyl (C=O) groups excluding carboxylic acids is 1. The highest BCUT2D eigenvalue weighted by atomic mass is 16.1. The van der Waals surface area contributed by atoms with E-state index in [1.54, 1.807) is 6.07 Å². The van der Waals surface area contributed by atoms with Gasteiger partial charge in [-0.1, -0.05) is 30.3 Å². The first-order chi connectivity index (χ1) is 9.08. The standard InChI is InChI=1S/C16H18N2O/c1-11-7-8-14(15(17)9-11)16(19)18-10-13-6-4-3-5-12(13)2/h3-9H,10,17H2,1-2H3,(H,18,19). The third-order valence-electron chi connectivity index (χ3n) is 3.15. The summed E-state index contributed by atoms with van der Waals surface area (Å²) in [6.07, 6.45) is 0. The Hall–Kier alpha value is -2.29. The Labute approximate surface area is 113 Å². The highest BCUT2D eigenvalue weighted by Crippen LogP contribution is 2.14. The maximum atomic E-state index is 12.1. The monoisotopic (exact) mass is 254 g/mol. The van der Waals surface area contributed by atoms with Crippen LogP contribution in [-0.4, -0.2) is 5.91 Å². The SMILES string of the molecule is Cc1ccc(C(=O)NCc2ccccc2C)c(N)c1. The number of carbonyl (C=O) groups is 1. The number of benzene rings is 2. The minimum absolute atomic E-state index is 0.138. The Balaban J connectivity index is 2.08. The van der Waals surface area contributed by atoms with Gasteiger partial charge in [-0.25, -0.2) is 0 Å². The van der Waals surface area contributed by atoms with Gasteiger partial charge in [-0.3, -0.25) is 4.79 Å². The molecule has 0 aromatic heterocycles. The number of hydrogen-bond acceptors (Lipinski definition) is 2. The zero-order valence-electron chi connectivity index (χ0n) is 11.2. The first-order valence-electron chi connectivity index (χ1n) is 6.27. The van der Waals surface area contributed by atoms with Gasteiger partial charge in [0.05, 0.1) is 5.56 Å². The van der Waals surface area contributed by atoms with Gasteiger partial charge in [0.25, 0.3) is 5.91 Å². The summed E-state index contributed by atoms with van der Waals surface area (Å²) in [6.45, 7) is 4.49. The van der Waals surface area contributed by atoms with E-state index >= 15 is 0 Å². The number of nitrogens with two attached hydrogens (primary N) is 1. The Kier molecular flexibility index (Phi) is 3.85. The second-order valence-corrected chi connectivity index (χ2v) is 4.70. The lowest BCUT2D eigenvalue weighted by Gasteiger charge is -2.09. The van der Waals surface area contributed by atoms with E-state index in [0.29, 0.717) is 17.8 Å². The molecular weight excluding hydrogens is 236 g/mol.